The number of aromatic nitrogens is 5. The SMILES string of the molecule is CC(COCc1nnc(C2CN(c3ccc(C(F)F)cn3)C2)o1)Nc1cn[nH]c(=O)c1C(F)(F)F. The largest absolute Gasteiger partial charge is 0.423 e. The Morgan fingerprint density at radius 1 is 1.26 bits per heavy atom. The maximum absolute atomic E-state index is 13.1. The topological polar surface area (TPSA) is 122 Å². The Hall–Kier alpha value is -3.62. The highest BCUT2D eigenvalue weighted by Gasteiger charge is 2.37. The Morgan fingerprint density at radius 2 is 2.03 bits per heavy atom. The van der Waals surface area contributed by atoms with Crippen molar-refractivity contribution in [1.82, 2.24) is 25.4 Å². The average molecular weight is 501 g/mol. The van der Waals surface area contributed by atoms with Crippen LogP contribution in [0.4, 0.5) is 33.5 Å². The van der Waals surface area contributed by atoms with Gasteiger partial charge in [-0.2, -0.15) is 18.3 Å². The number of nitrogens with zero attached hydrogens (tertiary/aromatic N) is 5. The van der Waals surface area contributed by atoms with Crippen LogP contribution in [0, 0.1) is 0 Å². The first-order chi connectivity index (χ1) is 16.6. The van der Waals surface area contributed by atoms with Gasteiger partial charge in [0.1, 0.15) is 18.0 Å². The number of rotatable bonds is 9. The zero-order chi connectivity index (χ0) is 25.2. The van der Waals surface area contributed by atoms with Gasteiger partial charge in [0.15, 0.2) is 0 Å². The van der Waals surface area contributed by atoms with Gasteiger partial charge in [0.05, 0.1) is 24.4 Å². The molecule has 0 amide bonds. The first-order valence-corrected chi connectivity index (χ1v) is 10.4. The molecule has 15 heteroatoms. The molecule has 4 heterocycles. The van der Waals surface area contributed by atoms with E-state index in [-0.39, 0.29) is 30.6 Å². The number of H-pyrrole nitrogens is 1. The molecule has 0 radical (unpaired) electrons. The van der Waals surface area contributed by atoms with Crippen LogP contribution in [0.1, 0.15) is 42.2 Å². The van der Waals surface area contributed by atoms with Crippen LogP contribution in [-0.4, -0.2) is 51.1 Å². The van der Waals surface area contributed by atoms with Crippen LogP contribution in [0.3, 0.4) is 0 Å². The summed E-state index contributed by atoms with van der Waals surface area (Å²) in [6, 6.07) is 2.26. The van der Waals surface area contributed by atoms with E-state index in [1.54, 1.807) is 12.0 Å². The molecule has 35 heavy (non-hydrogen) atoms. The molecule has 1 saturated heterocycles. The third-order valence-corrected chi connectivity index (χ3v) is 5.19. The Bertz CT molecular complexity index is 1190. The van der Waals surface area contributed by atoms with E-state index < -0.39 is 35.5 Å². The van der Waals surface area contributed by atoms with Gasteiger partial charge in [-0.25, -0.2) is 18.9 Å². The lowest BCUT2D eigenvalue weighted by molar-refractivity contribution is -0.138. The molecule has 188 valence electrons. The van der Waals surface area contributed by atoms with Crippen molar-refractivity contribution in [2.75, 3.05) is 29.9 Å². The maximum Gasteiger partial charge on any atom is 0.423 e. The predicted octanol–water partition coefficient (Wildman–Crippen LogP) is 3.13. The highest BCUT2D eigenvalue weighted by atomic mass is 19.4. The molecule has 0 saturated carbocycles. The molecule has 0 bridgehead atoms. The zero-order valence-electron chi connectivity index (χ0n) is 18.2. The molecular weight excluding hydrogens is 481 g/mol. The van der Waals surface area contributed by atoms with Gasteiger partial charge in [-0.05, 0) is 19.1 Å². The molecule has 1 aliphatic rings. The van der Waals surface area contributed by atoms with Crippen molar-refractivity contribution in [3.05, 3.63) is 57.8 Å². The van der Waals surface area contributed by atoms with E-state index in [1.165, 1.54) is 12.1 Å². The van der Waals surface area contributed by atoms with Crippen LogP contribution in [0.2, 0.25) is 0 Å². The number of aromatic amines is 1. The van der Waals surface area contributed by atoms with Crippen LogP contribution in [0.5, 0.6) is 0 Å². The van der Waals surface area contributed by atoms with E-state index in [9.17, 15) is 26.7 Å². The Balaban J connectivity index is 1.24. The second kappa shape index (κ2) is 9.93. The van der Waals surface area contributed by atoms with Gasteiger partial charge < -0.3 is 19.4 Å². The summed E-state index contributed by atoms with van der Waals surface area (Å²) >= 11 is 0. The lowest BCUT2D eigenvalue weighted by Gasteiger charge is -2.38. The number of ether oxygens (including phenoxy) is 1. The Kier molecular flexibility index (Phi) is 6.95. The maximum atomic E-state index is 13.1. The average Bonchev–Trinajstić information content (AvgIpc) is 3.20. The minimum absolute atomic E-state index is 0.0146. The van der Waals surface area contributed by atoms with E-state index in [4.69, 9.17) is 9.15 Å². The zero-order valence-corrected chi connectivity index (χ0v) is 18.2. The van der Waals surface area contributed by atoms with Crippen molar-refractivity contribution in [1.29, 1.82) is 0 Å². The van der Waals surface area contributed by atoms with Crippen LogP contribution in [-0.2, 0) is 17.5 Å². The predicted molar refractivity (Wildman–Crippen MR) is 111 cm³/mol. The van der Waals surface area contributed by atoms with E-state index >= 15 is 0 Å². The summed E-state index contributed by atoms with van der Waals surface area (Å²) in [5.41, 5.74) is -3.31. The summed E-state index contributed by atoms with van der Waals surface area (Å²) in [7, 11) is 0. The van der Waals surface area contributed by atoms with E-state index in [2.05, 4.69) is 25.6 Å². The normalized spacial score (nSPS) is 15.3. The quantitative estimate of drug-likeness (QED) is 0.426. The van der Waals surface area contributed by atoms with Crippen molar-refractivity contribution in [3.8, 4) is 0 Å². The molecule has 1 unspecified atom stereocenters. The van der Waals surface area contributed by atoms with E-state index in [0.717, 1.165) is 12.4 Å². The Morgan fingerprint density at radius 3 is 2.69 bits per heavy atom. The van der Waals surface area contributed by atoms with Gasteiger partial charge in [0.25, 0.3) is 12.0 Å². The van der Waals surface area contributed by atoms with Crippen LogP contribution < -0.4 is 15.8 Å². The third-order valence-electron chi connectivity index (χ3n) is 5.19. The van der Waals surface area contributed by atoms with Crippen LogP contribution in [0.15, 0.2) is 33.7 Å². The lowest BCUT2D eigenvalue weighted by atomic mass is 10.0. The summed E-state index contributed by atoms with van der Waals surface area (Å²) in [4.78, 5) is 17.4. The van der Waals surface area contributed by atoms with Crippen molar-refractivity contribution in [3.63, 3.8) is 0 Å². The first-order valence-electron chi connectivity index (χ1n) is 10.4. The molecule has 0 spiro atoms. The highest BCUT2D eigenvalue weighted by Crippen LogP contribution is 2.32. The molecule has 1 aliphatic heterocycles. The number of nitrogens with one attached hydrogen (secondary N) is 2. The molecule has 3 aromatic rings. The van der Waals surface area contributed by atoms with Crippen molar-refractivity contribution in [2.24, 2.45) is 0 Å². The smallest absolute Gasteiger partial charge is 0.422 e. The fraction of sp³-hybridized carbons (Fsp3) is 0.450. The summed E-state index contributed by atoms with van der Waals surface area (Å²) in [6.07, 6.45) is -5.39. The second-order valence-electron chi connectivity index (χ2n) is 7.93. The second-order valence-corrected chi connectivity index (χ2v) is 7.93. The molecule has 0 aliphatic carbocycles. The molecule has 2 N–H and O–H groups in total. The molecule has 4 rings (SSSR count). The number of pyridine rings is 1. The van der Waals surface area contributed by atoms with Crippen LogP contribution >= 0.6 is 0 Å². The van der Waals surface area contributed by atoms with Crippen LogP contribution in [0.25, 0.3) is 0 Å². The number of hydrogen-bond donors (Lipinski definition) is 2. The fourth-order valence-corrected chi connectivity index (χ4v) is 3.44. The summed E-state index contributed by atoms with van der Waals surface area (Å²) in [5.74, 6) is 1.09. The third kappa shape index (κ3) is 5.72. The van der Waals surface area contributed by atoms with E-state index in [1.807, 2.05) is 4.90 Å². The molecule has 3 aromatic heterocycles. The van der Waals surface area contributed by atoms with Gasteiger partial charge in [0.2, 0.25) is 11.8 Å². The van der Waals surface area contributed by atoms with Crippen molar-refractivity contribution < 1.29 is 31.1 Å². The van der Waals surface area contributed by atoms with Gasteiger partial charge in [-0.3, -0.25) is 4.79 Å². The summed E-state index contributed by atoms with van der Waals surface area (Å²) in [5, 5.41) is 15.6. The van der Waals surface area contributed by atoms with Gasteiger partial charge in [-0.15, -0.1) is 10.2 Å². The minimum atomic E-state index is -4.85. The number of anilines is 2. The van der Waals surface area contributed by atoms with Gasteiger partial charge >= 0.3 is 6.18 Å². The monoisotopic (exact) mass is 501 g/mol. The number of alkyl halides is 5. The first kappa shape index (κ1) is 24.5. The lowest BCUT2D eigenvalue weighted by Crippen LogP contribution is -2.45. The molecule has 1 atom stereocenters. The molecule has 0 aromatic carbocycles. The molecule has 10 nitrogen and oxygen atoms in total. The van der Waals surface area contributed by atoms with Crippen molar-refractivity contribution >= 4 is 11.5 Å². The van der Waals surface area contributed by atoms with E-state index in [0.29, 0.717) is 24.8 Å². The summed E-state index contributed by atoms with van der Waals surface area (Å²) < 4.78 is 75.7. The fourth-order valence-electron chi connectivity index (χ4n) is 3.44. The van der Waals surface area contributed by atoms with Gasteiger partial charge in [0, 0.05) is 30.9 Å². The number of hydrogen-bond acceptors (Lipinski definition) is 9. The Labute approximate surface area is 194 Å². The summed E-state index contributed by atoms with van der Waals surface area (Å²) in [6.45, 7) is 2.54. The van der Waals surface area contributed by atoms with Gasteiger partial charge in [-0.1, -0.05) is 0 Å². The number of halogens is 5. The highest BCUT2D eigenvalue weighted by molar-refractivity contribution is 5.50. The standard InChI is InChI=1S/C20H20F5N7O3/c1-10(28-13-5-27-30-18(33)16(13)20(23,24)25)8-34-9-15-29-31-19(35-15)12-6-32(7-12)14-3-2-11(4-26-14)17(21)22/h2-5,10,12,17H,6-9H2,1H3,(H2,28,30,33). The minimum Gasteiger partial charge on any atom is -0.422 e. The molecule has 1 fully saturated rings. The molecular formula is C20H20F5N7O3. The van der Waals surface area contributed by atoms with Crippen molar-refractivity contribution in [2.45, 2.75) is 38.1 Å².